The quantitative estimate of drug-likeness (QED) is 0.404. The summed E-state index contributed by atoms with van der Waals surface area (Å²) in [4.78, 5) is 47.7. The first-order valence-corrected chi connectivity index (χ1v) is 10.3. The maximum atomic E-state index is 12.9. The van der Waals surface area contributed by atoms with Crippen molar-refractivity contribution in [3.05, 3.63) is 83.4 Å². The summed E-state index contributed by atoms with van der Waals surface area (Å²) in [6.45, 7) is 2.92. The van der Waals surface area contributed by atoms with E-state index in [1.54, 1.807) is 0 Å². The van der Waals surface area contributed by atoms with Gasteiger partial charge in [0.15, 0.2) is 12.2 Å². The molecular formula is C24H24F2N2O6. The van der Waals surface area contributed by atoms with Crippen LogP contribution in [0, 0.1) is 11.6 Å². The van der Waals surface area contributed by atoms with Gasteiger partial charge in [0.2, 0.25) is 0 Å². The SMILES string of the molecule is CC(OC(=O)/C=C/C(=O)OC(C)C(=O)NCc1ccc(F)cc1)C(=O)NCc1ccc(F)cc1. The summed E-state index contributed by atoms with van der Waals surface area (Å²) in [6, 6.07) is 11.0. The fourth-order valence-corrected chi connectivity index (χ4v) is 2.54. The van der Waals surface area contributed by atoms with Crippen LogP contribution in [0.1, 0.15) is 25.0 Å². The Morgan fingerprint density at radius 2 is 1.03 bits per heavy atom. The predicted octanol–water partition coefficient (Wildman–Crippen LogP) is 2.32. The van der Waals surface area contributed by atoms with Crippen LogP contribution in [0.2, 0.25) is 0 Å². The van der Waals surface area contributed by atoms with Gasteiger partial charge in [-0.1, -0.05) is 24.3 Å². The number of nitrogens with one attached hydrogen (secondary N) is 2. The van der Waals surface area contributed by atoms with E-state index < -0.39 is 47.6 Å². The molecular weight excluding hydrogens is 450 g/mol. The highest BCUT2D eigenvalue weighted by atomic mass is 19.1. The number of esters is 2. The summed E-state index contributed by atoms with van der Waals surface area (Å²) < 4.78 is 35.6. The van der Waals surface area contributed by atoms with Gasteiger partial charge < -0.3 is 20.1 Å². The van der Waals surface area contributed by atoms with Crippen LogP contribution in [0.5, 0.6) is 0 Å². The Hall–Kier alpha value is -4.08. The lowest BCUT2D eigenvalue weighted by Gasteiger charge is -2.13. The standard InChI is InChI=1S/C24H24F2N2O6/c1-15(23(31)27-13-17-3-7-19(25)8-4-17)33-21(29)11-12-22(30)34-16(2)24(32)28-14-18-5-9-20(26)10-6-18/h3-12,15-16H,13-14H2,1-2H3,(H,27,31)(H,28,32)/b12-11+. The number of carbonyl (C=O) groups excluding carboxylic acids is 4. The van der Waals surface area contributed by atoms with E-state index in [0.717, 1.165) is 12.2 Å². The first-order valence-electron chi connectivity index (χ1n) is 10.3. The largest absolute Gasteiger partial charge is 0.449 e. The van der Waals surface area contributed by atoms with Crippen LogP contribution in [-0.4, -0.2) is 36.0 Å². The van der Waals surface area contributed by atoms with Crippen LogP contribution in [0.25, 0.3) is 0 Å². The van der Waals surface area contributed by atoms with Crippen molar-refractivity contribution in [3.8, 4) is 0 Å². The van der Waals surface area contributed by atoms with Gasteiger partial charge in [0.05, 0.1) is 0 Å². The van der Waals surface area contributed by atoms with E-state index in [0.29, 0.717) is 11.1 Å². The number of ether oxygens (including phenoxy) is 2. The van der Waals surface area contributed by atoms with Gasteiger partial charge in [-0.2, -0.15) is 0 Å². The van der Waals surface area contributed by atoms with E-state index in [9.17, 15) is 28.0 Å². The van der Waals surface area contributed by atoms with Gasteiger partial charge in [-0.3, -0.25) is 9.59 Å². The number of carbonyl (C=O) groups is 4. The van der Waals surface area contributed by atoms with Crippen LogP contribution >= 0.6 is 0 Å². The van der Waals surface area contributed by atoms with E-state index >= 15 is 0 Å². The summed E-state index contributed by atoms with van der Waals surface area (Å²) in [5.41, 5.74) is 1.32. The van der Waals surface area contributed by atoms with Crippen molar-refractivity contribution < 1.29 is 37.4 Å². The zero-order valence-electron chi connectivity index (χ0n) is 18.5. The van der Waals surface area contributed by atoms with E-state index in [-0.39, 0.29) is 13.1 Å². The molecule has 0 aromatic heterocycles. The molecule has 0 spiro atoms. The minimum absolute atomic E-state index is 0.115. The molecule has 2 amide bonds. The third-order valence-electron chi connectivity index (χ3n) is 4.44. The molecule has 180 valence electrons. The molecule has 0 saturated carbocycles. The molecule has 2 aromatic carbocycles. The lowest BCUT2D eigenvalue weighted by Crippen LogP contribution is -2.35. The second-order valence-corrected chi connectivity index (χ2v) is 7.18. The number of halogens is 2. The average molecular weight is 474 g/mol. The lowest BCUT2D eigenvalue weighted by molar-refractivity contribution is -0.151. The highest BCUT2D eigenvalue weighted by Gasteiger charge is 2.18. The van der Waals surface area contributed by atoms with E-state index in [4.69, 9.17) is 9.47 Å². The number of amides is 2. The van der Waals surface area contributed by atoms with E-state index in [2.05, 4.69) is 10.6 Å². The highest BCUT2D eigenvalue weighted by Crippen LogP contribution is 2.04. The Kier molecular flexibility index (Phi) is 9.88. The van der Waals surface area contributed by atoms with Crippen LogP contribution in [-0.2, 0) is 41.7 Å². The topological polar surface area (TPSA) is 111 Å². The maximum absolute atomic E-state index is 12.9. The highest BCUT2D eigenvalue weighted by molar-refractivity contribution is 5.94. The Morgan fingerprint density at radius 1 is 0.706 bits per heavy atom. The van der Waals surface area contributed by atoms with Crippen molar-refractivity contribution in [1.29, 1.82) is 0 Å². The number of hydrogen-bond donors (Lipinski definition) is 2. The van der Waals surface area contributed by atoms with Crippen molar-refractivity contribution in [1.82, 2.24) is 10.6 Å². The lowest BCUT2D eigenvalue weighted by atomic mass is 10.2. The van der Waals surface area contributed by atoms with E-state index in [1.807, 2.05) is 0 Å². The van der Waals surface area contributed by atoms with Crippen LogP contribution in [0.3, 0.4) is 0 Å². The zero-order valence-corrected chi connectivity index (χ0v) is 18.5. The van der Waals surface area contributed by atoms with Crippen molar-refractivity contribution in [2.75, 3.05) is 0 Å². The van der Waals surface area contributed by atoms with Gasteiger partial charge in [0.1, 0.15) is 11.6 Å². The smallest absolute Gasteiger partial charge is 0.331 e. The number of rotatable bonds is 10. The summed E-state index contributed by atoms with van der Waals surface area (Å²) in [7, 11) is 0. The molecule has 0 radical (unpaired) electrons. The molecule has 0 aliphatic carbocycles. The first-order chi connectivity index (χ1) is 16.1. The van der Waals surface area contributed by atoms with Gasteiger partial charge in [-0.15, -0.1) is 0 Å². The molecule has 0 heterocycles. The Balaban J connectivity index is 1.71. The minimum Gasteiger partial charge on any atom is -0.449 e. The molecule has 8 nitrogen and oxygen atoms in total. The molecule has 2 aromatic rings. The maximum Gasteiger partial charge on any atom is 0.331 e. The summed E-state index contributed by atoms with van der Waals surface area (Å²) in [5.74, 6) is -3.89. The summed E-state index contributed by atoms with van der Waals surface area (Å²) >= 11 is 0. The molecule has 0 fully saturated rings. The number of benzene rings is 2. The molecule has 0 bridgehead atoms. The number of hydrogen-bond acceptors (Lipinski definition) is 6. The summed E-state index contributed by atoms with van der Waals surface area (Å²) in [5, 5.41) is 5.07. The van der Waals surface area contributed by atoms with Crippen molar-refractivity contribution in [2.45, 2.75) is 39.1 Å². The summed E-state index contributed by atoms with van der Waals surface area (Å²) in [6.07, 6.45) is -0.751. The second kappa shape index (κ2) is 12.8. The van der Waals surface area contributed by atoms with Crippen molar-refractivity contribution in [2.24, 2.45) is 0 Å². The molecule has 34 heavy (non-hydrogen) atoms. The molecule has 10 heteroatoms. The van der Waals surface area contributed by atoms with Gasteiger partial charge in [-0.05, 0) is 49.2 Å². The predicted molar refractivity (Wildman–Crippen MR) is 117 cm³/mol. The third-order valence-corrected chi connectivity index (χ3v) is 4.44. The molecule has 2 unspecified atom stereocenters. The van der Waals surface area contributed by atoms with Crippen LogP contribution in [0.15, 0.2) is 60.7 Å². The molecule has 0 saturated heterocycles. The van der Waals surface area contributed by atoms with Gasteiger partial charge in [0.25, 0.3) is 11.8 Å². The molecule has 2 atom stereocenters. The molecule has 0 aliphatic heterocycles. The normalized spacial score (nSPS) is 12.5. The van der Waals surface area contributed by atoms with Crippen LogP contribution in [0.4, 0.5) is 8.78 Å². The fraction of sp³-hybridized carbons (Fsp3) is 0.250. The van der Waals surface area contributed by atoms with E-state index in [1.165, 1.54) is 62.4 Å². The molecule has 0 aliphatic rings. The van der Waals surface area contributed by atoms with Crippen LogP contribution < -0.4 is 10.6 Å². The van der Waals surface area contributed by atoms with Gasteiger partial charge >= 0.3 is 11.9 Å². The zero-order chi connectivity index (χ0) is 25.1. The Labute approximate surface area is 194 Å². The molecule has 2 rings (SSSR count). The van der Waals surface area contributed by atoms with Gasteiger partial charge in [-0.25, -0.2) is 18.4 Å². The first kappa shape index (κ1) is 26.2. The second-order valence-electron chi connectivity index (χ2n) is 7.18. The monoisotopic (exact) mass is 474 g/mol. The Bertz CT molecular complexity index is 955. The Morgan fingerprint density at radius 3 is 1.35 bits per heavy atom. The molecule has 2 N–H and O–H groups in total. The average Bonchev–Trinajstić information content (AvgIpc) is 2.81. The van der Waals surface area contributed by atoms with Crippen molar-refractivity contribution >= 4 is 23.8 Å². The third kappa shape index (κ3) is 9.19. The minimum atomic E-state index is -1.15. The van der Waals surface area contributed by atoms with Gasteiger partial charge in [0, 0.05) is 25.2 Å². The van der Waals surface area contributed by atoms with Crippen molar-refractivity contribution in [3.63, 3.8) is 0 Å². The fourth-order valence-electron chi connectivity index (χ4n) is 2.54.